The third-order valence-electron chi connectivity index (χ3n) is 3.35. The fraction of sp³-hybridized carbons (Fsp3) is 0.429. The number of nitrogens with zero attached hydrogens (tertiary/aromatic N) is 1. The lowest BCUT2D eigenvalue weighted by Gasteiger charge is -2.23. The lowest BCUT2D eigenvalue weighted by molar-refractivity contribution is -0.139. The van der Waals surface area contributed by atoms with Gasteiger partial charge in [0.1, 0.15) is 11.6 Å². The van der Waals surface area contributed by atoms with Gasteiger partial charge in [-0.25, -0.2) is 8.78 Å². The molecular weight excluding hydrogens is 300 g/mol. The first-order valence-corrected chi connectivity index (χ1v) is 7.55. The minimum atomic E-state index is -0.933. The highest BCUT2D eigenvalue weighted by Crippen LogP contribution is 2.25. The summed E-state index contributed by atoms with van der Waals surface area (Å²) in [6, 6.07) is 2.92. The fourth-order valence-electron chi connectivity index (χ4n) is 2.39. The summed E-state index contributed by atoms with van der Waals surface area (Å²) in [5, 5.41) is 8.82. The van der Waals surface area contributed by atoms with E-state index in [4.69, 9.17) is 5.11 Å². The van der Waals surface area contributed by atoms with E-state index < -0.39 is 17.6 Å². The Labute approximate surface area is 125 Å². The van der Waals surface area contributed by atoms with Gasteiger partial charge in [-0.1, -0.05) is 0 Å². The molecule has 1 aliphatic rings. The molecule has 1 fully saturated rings. The molecule has 0 aliphatic carbocycles. The van der Waals surface area contributed by atoms with Crippen LogP contribution in [0.15, 0.2) is 23.1 Å². The monoisotopic (exact) mass is 315 g/mol. The molecule has 1 heterocycles. The minimum Gasteiger partial charge on any atom is -0.481 e. The molecule has 0 radical (unpaired) electrons. The average molecular weight is 315 g/mol. The van der Waals surface area contributed by atoms with E-state index >= 15 is 0 Å². The Hall–Kier alpha value is -1.63. The maximum absolute atomic E-state index is 13.5. The van der Waals surface area contributed by atoms with Gasteiger partial charge >= 0.3 is 5.97 Å². The molecule has 0 spiro atoms. The zero-order valence-electron chi connectivity index (χ0n) is 11.2. The highest BCUT2D eigenvalue weighted by Gasteiger charge is 2.30. The number of rotatable bonds is 5. The van der Waals surface area contributed by atoms with Crippen molar-refractivity contribution in [2.45, 2.75) is 30.2 Å². The molecular formula is C14H15F2NO3S. The van der Waals surface area contributed by atoms with Crippen LogP contribution >= 0.6 is 11.8 Å². The van der Waals surface area contributed by atoms with Crippen LogP contribution in [0.1, 0.15) is 19.3 Å². The van der Waals surface area contributed by atoms with Crippen LogP contribution in [-0.4, -0.2) is 40.2 Å². The predicted molar refractivity (Wildman–Crippen MR) is 74.1 cm³/mol. The molecule has 0 bridgehead atoms. The molecule has 1 aromatic rings. The minimum absolute atomic E-state index is 0.0126. The Morgan fingerprint density at radius 1 is 1.38 bits per heavy atom. The second kappa shape index (κ2) is 6.89. The van der Waals surface area contributed by atoms with Crippen LogP contribution in [0.25, 0.3) is 0 Å². The number of aliphatic carboxylic acids is 1. The number of amides is 1. The van der Waals surface area contributed by atoms with Crippen molar-refractivity contribution >= 4 is 23.6 Å². The predicted octanol–water partition coefficient (Wildman–Crippen LogP) is 2.52. The van der Waals surface area contributed by atoms with Gasteiger partial charge in [0.05, 0.1) is 12.2 Å². The number of carbonyl (C=O) groups is 2. The summed E-state index contributed by atoms with van der Waals surface area (Å²) in [4.78, 5) is 24.6. The maximum Gasteiger partial charge on any atom is 0.305 e. The number of benzene rings is 1. The molecule has 21 heavy (non-hydrogen) atoms. The highest BCUT2D eigenvalue weighted by atomic mass is 32.2. The van der Waals surface area contributed by atoms with Gasteiger partial charge < -0.3 is 10.0 Å². The van der Waals surface area contributed by atoms with Crippen LogP contribution in [0.3, 0.4) is 0 Å². The Morgan fingerprint density at radius 3 is 2.81 bits per heavy atom. The normalized spacial score (nSPS) is 18.0. The third-order valence-corrected chi connectivity index (χ3v) is 4.39. The van der Waals surface area contributed by atoms with E-state index in [0.717, 1.165) is 30.3 Å². The molecule has 1 saturated heterocycles. The van der Waals surface area contributed by atoms with E-state index in [1.165, 1.54) is 6.07 Å². The Kier molecular flexibility index (Phi) is 5.17. The zero-order valence-corrected chi connectivity index (χ0v) is 12.0. The van der Waals surface area contributed by atoms with Crippen LogP contribution < -0.4 is 0 Å². The zero-order chi connectivity index (χ0) is 15.4. The van der Waals surface area contributed by atoms with Crippen LogP contribution in [0.5, 0.6) is 0 Å². The second-order valence-electron chi connectivity index (χ2n) is 4.84. The first kappa shape index (κ1) is 15.8. The van der Waals surface area contributed by atoms with Crippen LogP contribution in [0.2, 0.25) is 0 Å². The van der Waals surface area contributed by atoms with Gasteiger partial charge in [0, 0.05) is 23.5 Å². The summed E-state index contributed by atoms with van der Waals surface area (Å²) in [5.74, 6) is -2.50. The van der Waals surface area contributed by atoms with Gasteiger partial charge in [-0.3, -0.25) is 9.59 Å². The van der Waals surface area contributed by atoms with Crippen molar-refractivity contribution in [3.8, 4) is 0 Å². The number of hydrogen-bond acceptors (Lipinski definition) is 3. The molecule has 1 N–H and O–H groups in total. The first-order valence-electron chi connectivity index (χ1n) is 6.56. The van der Waals surface area contributed by atoms with Crippen molar-refractivity contribution in [3.05, 3.63) is 29.8 Å². The molecule has 0 aromatic heterocycles. The smallest absolute Gasteiger partial charge is 0.305 e. The number of thioether (sulfide) groups is 1. The summed E-state index contributed by atoms with van der Waals surface area (Å²) in [6.45, 7) is 0.531. The SMILES string of the molecule is O=C(O)CC1CCCN1C(=O)CSc1ccc(F)cc1F. The van der Waals surface area contributed by atoms with Gasteiger partial charge in [0.15, 0.2) is 0 Å². The fourth-order valence-corrected chi connectivity index (χ4v) is 3.20. The van der Waals surface area contributed by atoms with Crippen molar-refractivity contribution < 1.29 is 23.5 Å². The molecule has 1 amide bonds. The topological polar surface area (TPSA) is 57.6 Å². The summed E-state index contributed by atoms with van der Waals surface area (Å²) in [6.07, 6.45) is 1.38. The third kappa shape index (κ3) is 4.17. The Bertz CT molecular complexity index is 553. The van der Waals surface area contributed by atoms with Gasteiger partial charge in [-0.2, -0.15) is 0 Å². The van der Waals surface area contributed by atoms with E-state index in [-0.39, 0.29) is 29.0 Å². The highest BCUT2D eigenvalue weighted by molar-refractivity contribution is 8.00. The van der Waals surface area contributed by atoms with Crippen molar-refractivity contribution in [3.63, 3.8) is 0 Å². The van der Waals surface area contributed by atoms with E-state index in [1.807, 2.05) is 0 Å². The van der Waals surface area contributed by atoms with Crippen LogP contribution in [-0.2, 0) is 9.59 Å². The number of carboxylic acids is 1. The Morgan fingerprint density at radius 2 is 2.14 bits per heavy atom. The largest absolute Gasteiger partial charge is 0.481 e. The molecule has 4 nitrogen and oxygen atoms in total. The maximum atomic E-state index is 13.5. The standard InChI is InChI=1S/C14H15F2NO3S/c15-9-3-4-12(11(16)6-9)21-8-13(18)17-5-1-2-10(17)7-14(19)20/h3-4,6,10H,1-2,5,7-8H2,(H,19,20). The van der Waals surface area contributed by atoms with Crippen LogP contribution in [0, 0.1) is 11.6 Å². The molecule has 114 valence electrons. The average Bonchev–Trinajstić information content (AvgIpc) is 2.84. The number of halogens is 2. The lowest BCUT2D eigenvalue weighted by Crippen LogP contribution is -2.37. The molecule has 2 rings (SSSR count). The van der Waals surface area contributed by atoms with Crippen molar-refractivity contribution in [2.24, 2.45) is 0 Å². The number of carboxylic acid groups (broad SMARTS) is 1. The summed E-state index contributed by atoms with van der Waals surface area (Å²) in [7, 11) is 0. The lowest BCUT2D eigenvalue weighted by atomic mass is 10.1. The quantitative estimate of drug-likeness (QED) is 0.848. The Balaban J connectivity index is 1.93. The van der Waals surface area contributed by atoms with Gasteiger partial charge in [-0.05, 0) is 25.0 Å². The van der Waals surface area contributed by atoms with Crippen molar-refractivity contribution in [1.82, 2.24) is 4.90 Å². The van der Waals surface area contributed by atoms with Gasteiger partial charge in [0.25, 0.3) is 0 Å². The van der Waals surface area contributed by atoms with Crippen molar-refractivity contribution in [2.75, 3.05) is 12.3 Å². The second-order valence-corrected chi connectivity index (χ2v) is 5.86. The molecule has 7 heteroatoms. The number of likely N-dealkylation sites (tertiary alicyclic amines) is 1. The van der Waals surface area contributed by atoms with E-state index in [9.17, 15) is 18.4 Å². The number of carbonyl (C=O) groups excluding carboxylic acids is 1. The van der Waals surface area contributed by atoms with Crippen molar-refractivity contribution in [1.29, 1.82) is 0 Å². The summed E-state index contributed by atoms with van der Waals surface area (Å²) >= 11 is 0.991. The van der Waals surface area contributed by atoms with Crippen LogP contribution in [0.4, 0.5) is 8.78 Å². The van der Waals surface area contributed by atoms with E-state index in [1.54, 1.807) is 4.90 Å². The summed E-state index contributed by atoms with van der Waals surface area (Å²) in [5.41, 5.74) is 0. The molecule has 1 unspecified atom stereocenters. The van der Waals surface area contributed by atoms with Gasteiger partial charge in [-0.15, -0.1) is 11.8 Å². The van der Waals surface area contributed by atoms with Gasteiger partial charge in [0.2, 0.25) is 5.91 Å². The molecule has 1 aliphatic heterocycles. The van der Waals surface area contributed by atoms with E-state index in [2.05, 4.69) is 0 Å². The molecule has 1 atom stereocenters. The molecule has 0 saturated carbocycles. The molecule has 1 aromatic carbocycles. The summed E-state index contributed by atoms with van der Waals surface area (Å²) < 4.78 is 26.2. The number of hydrogen-bond donors (Lipinski definition) is 1. The van der Waals surface area contributed by atoms with E-state index in [0.29, 0.717) is 13.0 Å². The first-order chi connectivity index (χ1) is 9.97.